The van der Waals surface area contributed by atoms with E-state index in [-0.39, 0.29) is 0 Å². The Morgan fingerprint density at radius 2 is 1.88 bits per heavy atom. The molecule has 1 unspecified atom stereocenters. The summed E-state index contributed by atoms with van der Waals surface area (Å²) in [6, 6.07) is 18.8. The molecular weight excluding hydrogens is 310 g/mol. The first-order valence-electron chi connectivity index (χ1n) is 8.95. The van der Waals surface area contributed by atoms with Gasteiger partial charge >= 0.3 is 0 Å². The topological polar surface area (TPSA) is 42.2 Å². The highest BCUT2D eigenvalue weighted by Crippen LogP contribution is 2.28. The quantitative estimate of drug-likeness (QED) is 0.706. The first-order valence-corrected chi connectivity index (χ1v) is 8.95. The molecule has 3 aromatic rings. The van der Waals surface area contributed by atoms with Gasteiger partial charge in [-0.1, -0.05) is 59.8 Å². The fraction of sp³-hybridized carbons (Fsp3) is 0.333. The molecule has 0 aliphatic carbocycles. The smallest absolute Gasteiger partial charge is 0.231 e. The zero-order valence-corrected chi connectivity index (χ0v) is 14.6. The van der Waals surface area contributed by atoms with Crippen molar-refractivity contribution in [3.63, 3.8) is 0 Å². The molecule has 1 aromatic heterocycles. The number of hydrogen-bond acceptors (Lipinski definition) is 4. The lowest BCUT2D eigenvalue weighted by Gasteiger charge is -2.14. The van der Waals surface area contributed by atoms with Gasteiger partial charge in [-0.3, -0.25) is 0 Å². The van der Waals surface area contributed by atoms with E-state index in [2.05, 4.69) is 58.4 Å². The summed E-state index contributed by atoms with van der Waals surface area (Å²) < 4.78 is 5.58. The maximum absolute atomic E-state index is 5.58. The van der Waals surface area contributed by atoms with E-state index < -0.39 is 0 Å². The normalized spacial score (nSPS) is 17.9. The van der Waals surface area contributed by atoms with Crippen molar-refractivity contribution in [1.29, 1.82) is 0 Å². The summed E-state index contributed by atoms with van der Waals surface area (Å²) in [7, 11) is 0. The molecular formula is C21H23N3O. The van der Waals surface area contributed by atoms with Gasteiger partial charge in [0.1, 0.15) is 0 Å². The minimum Gasteiger partial charge on any atom is -0.339 e. The lowest BCUT2D eigenvalue weighted by molar-refractivity contribution is 0.318. The van der Waals surface area contributed by atoms with Gasteiger partial charge in [-0.15, -0.1) is 0 Å². The molecule has 4 rings (SSSR count). The van der Waals surface area contributed by atoms with Crippen molar-refractivity contribution in [1.82, 2.24) is 15.0 Å². The first kappa shape index (κ1) is 16.0. The van der Waals surface area contributed by atoms with Gasteiger partial charge < -0.3 is 9.42 Å². The number of hydrogen-bond donors (Lipinski definition) is 0. The Bertz CT molecular complexity index is 828. The van der Waals surface area contributed by atoms with Crippen LogP contribution in [0.2, 0.25) is 0 Å². The Morgan fingerprint density at radius 1 is 1.08 bits per heavy atom. The minimum absolute atomic E-state index is 0.348. The van der Waals surface area contributed by atoms with Gasteiger partial charge in [0.15, 0.2) is 0 Å². The molecule has 1 saturated heterocycles. The van der Waals surface area contributed by atoms with E-state index in [0.29, 0.717) is 11.7 Å². The van der Waals surface area contributed by atoms with Gasteiger partial charge in [-0.05, 0) is 37.4 Å². The summed E-state index contributed by atoms with van der Waals surface area (Å²) in [5.41, 5.74) is 3.62. The van der Waals surface area contributed by atoms with Crippen LogP contribution in [0.25, 0.3) is 11.4 Å². The van der Waals surface area contributed by atoms with Crippen LogP contribution in [0.15, 0.2) is 59.1 Å². The van der Waals surface area contributed by atoms with E-state index in [1.54, 1.807) is 0 Å². The molecule has 0 bridgehead atoms. The Balaban J connectivity index is 1.38. The predicted octanol–water partition coefficient (Wildman–Crippen LogP) is 4.08. The van der Waals surface area contributed by atoms with Crippen molar-refractivity contribution in [2.45, 2.75) is 25.7 Å². The minimum atomic E-state index is 0.348. The molecule has 0 spiro atoms. The Hall–Kier alpha value is -2.46. The lowest BCUT2D eigenvalue weighted by atomic mass is 10.1. The van der Waals surface area contributed by atoms with Gasteiger partial charge in [-0.2, -0.15) is 4.98 Å². The summed E-state index contributed by atoms with van der Waals surface area (Å²) in [6.07, 6.45) is 2.18. The van der Waals surface area contributed by atoms with Gasteiger partial charge in [0.25, 0.3) is 0 Å². The molecule has 0 radical (unpaired) electrons. The van der Waals surface area contributed by atoms with Crippen LogP contribution >= 0.6 is 0 Å². The zero-order chi connectivity index (χ0) is 17.1. The largest absolute Gasteiger partial charge is 0.339 e. The summed E-state index contributed by atoms with van der Waals surface area (Å²) in [5.74, 6) is 1.83. The molecule has 1 aliphatic rings. The maximum atomic E-state index is 5.58. The maximum Gasteiger partial charge on any atom is 0.231 e. The van der Waals surface area contributed by atoms with E-state index in [0.717, 1.165) is 43.9 Å². The summed E-state index contributed by atoms with van der Waals surface area (Å²) >= 11 is 0. The van der Waals surface area contributed by atoms with Crippen molar-refractivity contribution in [2.75, 3.05) is 19.6 Å². The monoisotopic (exact) mass is 333 g/mol. The van der Waals surface area contributed by atoms with Gasteiger partial charge in [0, 0.05) is 18.7 Å². The van der Waals surface area contributed by atoms with E-state index in [9.17, 15) is 0 Å². The molecule has 0 N–H and O–H groups in total. The zero-order valence-electron chi connectivity index (χ0n) is 14.6. The van der Waals surface area contributed by atoms with Crippen LogP contribution in [0.4, 0.5) is 0 Å². The van der Waals surface area contributed by atoms with Crippen molar-refractivity contribution in [2.24, 2.45) is 0 Å². The third-order valence-corrected chi connectivity index (χ3v) is 5.01. The van der Waals surface area contributed by atoms with Crippen molar-refractivity contribution < 1.29 is 4.52 Å². The van der Waals surface area contributed by atoms with Crippen molar-refractivity contribution in [3.05, 3.63) is 71.6 Å². The number of likely N-dealkylation sites (tertiary alicyclic amines) is 1. The van der Waals surface area contributed by atoms with Crippen LogP contribution in [-0.4, -0.2) is 34.7 Å². The van der Waals surface area contributed by atoms with Crippen LogP contribution in [0.3, 0.4) is 0 Å². The molecule has 1 fully saturated rings. The highest BCUT2D eigenvalue weighted by molar-refractivity contribution is 5.59. The molecule has 1 atom stereocenters. The number of benzene rings is 2. The Kier molecular flexibility index (Phi) is 4.61. The fourth-order valence-electron chi connectivity index (χ4n) is 3.50. The molecule has 25 heavy (non-hydrogen) atoms. The molecule has 2 heterocycles. The van der Waals surface area contributed by atoms with Crippen LogP contribution in [0.5, 0.6) is 0 Å². The lowest BCUT2D eigenvalue weighted by Crippen LogP contribution is -2.23. The number of aryl methyl sites for hydroxylation is 1. The second-order valence-electron chi connectivity index (χ2n) is 6.79. The van der Waals surface area contributed by atoms with Gasteiger partial charge in [-0.25, -0.2) is 0 Å². The molecule has 4 heteroatoms. The average molecular weight is 333 g/mol. The number of aromatic nitrogens is 2. The van der Waals surface area contributed by atoms with E-state index in [1.165, 1.54) is 11.1 Å². The second-order valence-corrected chi connectivity index (χ2v) is 6.79. The fourth-order valence-corrected chi connectivity index (χ4v) is 3.50. The molecule has 1 aliphatic heterocycles. The third kappa shape index (κ3) is 3.64. The van der Waals surface area contributed by atoms with E-state index in [1.807, 2.05) is 18.2 Å². The highest BCUT2D eigenvalue weighted by Gasteiger charge is 2.28. The Labute approximate surface area is 148 Å². The summed E-state index contributed by atoms with van der Waals surface area (Å²) in [6.45, 7) is 5.26. The van der Waals surface area contributed by atoms with E-state index in [4.69, 9.17) is 4.52 Å². The molecule has 2 aromatic carbocycles. The third-order valence-electron chi connectivity index (χ3n) is 5.01. The van der Waals surface area contributed by atoms with E-state index >= 15 is 0 Å². The van der Waals surface area contributed by atoms with Crippen molar-refractivity contribution in [3.8, 4) is 11.4 Å². The molecule has 0 amide bonds. The number of rotatable bonds is 5. The predicted molar refractivity (Wildman–Crippen MR) is 98.4 cm³/mol. The van der Waals surface area contributed by atoms with Crippen LogP contribution in [0, 0.1) is 6.92 Å². The van der Waals surface area contributed by atoms with Gasteiger partial charge in [0.2, 0.25) is 11.7 Å². The molecule has 0 saturated carbocycles. The highest BCUT2D eigenvalue weighted by atomic mass is 16.5. The van der Waals surface area contributed by atoms with Crippen LogP contribution in [0.1, 0.15) is 29.4 Å². The van der Waals surface area contributed by atoms with Gasteiger partial charge in [0.05, 0.1) is 5.92 Å². The second kappa shape index (κ2) is 7.19. The Morgan fingerprint density at radius 3 is 2.72 bits per heavy atom. The standard InChI is InChI=1S/C21H23N3O/c1-16-7-5-6-10-19(16)20-22-21(25-23-20)18-12-14-24(15-18)13-11-17-8-3-2-4-9-17/h2-10,18H,11-15H2,1H3. The molecule has 4 nitrogen and oxygen atoms in total. The van der Waals surface area contributed by atoms with Crippen LogP contribution < -0.4 is 0 Å². The first-order chi connectivity index (χ1) is 12.3. The summed E-state index contributed by atoms with van der Waals surface area (Å²) in [5, 5.41) is 4.21. The summed E-state index contributed by atoms with van der Waals surface area (Å²) in [4.78, 5) is 7.17. The van der Waals surface area contributed by atoms with Crippen molar-refractivity contribution >= 4 is 0 Å². The average Bonchev–Trinajstić information content (AvgIpc) is 3.31. The number of nitrogens with zero attached hydrogens (tertiary/aromatic N) is 3. The SMILES string of the molecule is Cc1ccccc1-c1noc(C2CCN(CCc3ccccc3)C2)n1. The molecule has 128 valence electrons. The van der Waals surface area contributed by atoms with Crippen LogP contribution in [-0.2, 0) is 6.42 Å².